The molecule has 0 saturated carbocycles. The largest absolute Gasteiger partial charge is 0.481 e. The summed E-state index contributed by atoms with van der Waals surface area (Å²) in [5.74, 6) is -0.456. The first-order valence-corrected chi connectivity index (χ1v) is 21.0. The molecule has 274 valence electrons. The number of carboxylic acid groups (broad SMARTS) is 1. The third-order valence-corrected chi connectivity index (χ3v) is 10.1. The number of aliphatic carboxylic acids is 1. The molecule has 4 heteroatoms. The Morgan fingerprint density at radius 3 is 1.09 bits per heavy atom. The summed E-state index contributed by atoms with van der Waals surface area (Å²) in [6.07, 6.45) is 43.2. The summed E-state index contributed by atoms with van der Waals surface area (Å²) >= 11 is 0. The molecule has 1 N–H and O–H groups in total. The van der Waals surface area contributed by atoms with E-state index in [2.05, 4.69) is 20.8 Å². The van der Waals surface area contributed by atoms with Crippen LogP contribution in [-0.4, -0.2) is 23.1 Å². The second-order valence-corrected chi connectivity index (χ2v) is 14.6. The third kappa shape index (κ3) is 32.9. The Morgan fingerprint density at radius 2 is 0.739 bits per heavy atom. The van der Waals surface area contributed by atoms with Gasteiger partial charge in [0.2, 0.25) is 0 Å². The molecular formula is C42H82O4. The van der Waals surface area contributed by atoms with Crippen molar-refractivity contribution in [2.45, 2.75) is 252 Å². The summed E-state index contributed by atoms with van der Waals surface area (Å²) in [7, 11) is 0. The highest BCUT2D eigenvalue weighted by Gasteiger charge is 2.22. The van der Waals surface area contributed by atoms with E-state index in [-0.39, 0.29) is 18.0 Å². The smallest absolute Gasteiger partial charge is 0.309 e. The van der Waals surface area contributed by atoms with Gasteiger partial charge < -0.3 is 9.84 Å². The van der Waals surface area contributed by atoms with Gasteiger partial charge >= 0.3 is 11.9 Å². The predicted octanol–water partition coefficient (Wildman–Crippen LogP) is 14.3. The van der Waals surface area contributed by atoms with Crippen LogP contribution in [-0.2, 0) is 14.3 Å². The van der Waals surface area contributed by atoms with Crippen molar-refractivity contribution in [3.63, 3.8) is 0 Å². The van der Waals surface area contributed by atoms with Crippen molar-refractivity contribution >= 4 is 11.9 Å². The number of hydrogen-bond acceptors (Lipinski definition) is 3. The molecule has 2 atom stereocenters. The Labute approximate surface area is 288 Å². The molecule has 0 rings (SSSR count). The van der Waals surface area contributed by atoms with Gasteiger partial charge in [0.25, 0.3) is 0 Å². The Balaban J connectivity index is 4.06. The van der Waals surface area contributed by atoms with Gasteiger partial charge in [-0.25, -0.2) is 0 Å². The number of carboxylic acids is 1. The second-order valence-electron chi connectivity index (χ2n) is 14.6. The summed E-state index contributed by atoms with van der Waals surface area (Å²) in [6, 6.07) is 0. The fourth-order valence-electron chi connectivity index (χ4n) is 6.81. The first kappa shape index (κ1) is 44.9. The number of rotatable bonds is 38. The van der Waals surface area contributed by atoms with Crippen LogP contribution in [0.25, 0.3) is 0 Å². The van der Waals surface area contributed by atoms with Crippen LogP contribution in [0.15, 0.2) is 0 Å². The first-order valence-electron chi connectivity index (χ1n) is 21.0. The zero-order valence-corrected chi connectivity index (χ0v) is 31.6. The molecule has 0 aliphatic heterocycles. The molecular weight excluding hydrogens is 568 g/mol. The number of carbonyl (C=O) groups is 2. The molecule has 0 aliphatic rings. The molecule has 0 heterocycles. The van der Waals surface area contributed by atoms with Crippen LogP contribution in [0.3, 0.4) is 0 Å². The van der Waals surface area contributed by atoms with E-state index in [1.54, 1.807) is 0 Å². The second kappa shape index (κ2) is 36.8. The predicted molar refractivity (Wildman–Crippen MR) is 200 cm³/mol. The Bertz CT molecular complexity index is 633. The minimum Gasteiger partial charge on any atom is -0.481 e. The normalized spacial score (nSPS) is 12.8. The van der Waals surface area contributed by atoms with Crippen LogP contribution in [0, 0.1) is 5.92 Å². The van der Waals surface area contributed by atoms with Crippen LogP contribution in [0.1, 0.15) is 245 Å². The fraction of sp³-hybridized carbons (Fsp3) is 0.952. The summed E-state index contributed by atoms with van der Waals surface area (Å²) in [5.41, 5.74) is 0. The summed E-state index contributed by atoms with van der Waals surface area (Å²) in [6.45, 7) is 6.69. The van der Waals surface area contributed by atoms with E-state index in [9.17, 15) is 9.59 Å². The van der Waals surface area contributed by atoms with E-state index < -0.39 is 5.97 Å². The van der Waals surface area contributed by atoms with Gasteiger partial charge in [-0.1, -0.05) is 201 Å². The summed E-state index contributed by atoms with van der Waals surface area (Å²) in [5, 5.41) is 8.69. The van der Waals surface area contributed by atoms with Gasteiger partial charge in [0, 0.05) is 6.42 Å². The summed E-state index contributed by atoms with van der Waals surface area (Å²) in [4.78, 5) is 23.8. The number of esters is 1. The van der Waals surface area contributed by atoms with Crippen LogP contribution >= 0.6 is 0 Å². The SMILES string of the molecule is CCCCCCCCCCCCCCC(CCCCCCCCCCCCCCCCCC(=O)O)C(=O)OC(CC)CCCCC. The van der Waals surface area contributed by atoms with Crippen LogP contribution in [0.4, 0.5) is 0 Å². The third-order valence-electron chi connectivity index (χ3n) is 10.1. The van der Waals surface area contributed by atoms with E-state index in [0.29, 0.717) is 6.42 Å². The molecule has 0 aromatic carbocycles. The zero-order chi connectivity index (χ0) is 33.8. The highest BCUT2D eigenvalue weighted by Crippen LogP contribution is 2.23. The Kier molecular flexibility index (Phi) is 35.9. The maximum absolute atomic E-state index is 13.2. The van der Waals surface area contributed by atoms with Crippen LogP contribution in [0.2, 0.25) is 0 Å². The van der Waals surface area contributed by atoms with Crippen molar-refractivity contribution < 1.29 is 19.4 Å². The highest BCUT2D eigenvalue weighted by atomic mass is 16.5. The first-order chi connectivity index (χ1) is 22.5. The molecule has 0 saturated heterocycles. The molecule has 0 spiro atoms. The molecule has 2 unspecified atom stereocenters. The van der Waals surface area contributed by atoms with Crippen molar-refractivity contribution in [3.05, 3.63) is 0 Å². The van der Waals surface area contributed by atoms with Crippen LogP contribution < -0.4 is 0 Å². The van der Waals surface area contributed by atoms with E-state index in [4.69, 9.17) is 9.84 Å². The van der Waals surface area contributed by atoms with Gasteiger partial charge in [-0.2, -0.15) is 0 Å². The maximum Gasteiger partial charge on any atom is 0.309 e. The number of carbonyl (C=O) groups excluding carboxylic acids is 1. The molecule has 0 amide bonds. The standard InChI is InChI=1S/C42H82O4/c1-4-7-9-10-11-12-13-19-22-25-28-32-35-39(42(45)46-40(6-3)37-31-8-5-2)36-33-29-26-23-20-17-15-14-16-18-21-24-27-30-34-38-41(43)44/h39-40H,4-38H2,1-3H3,(H,43,44). The topological polar surface area (TPSA) is 63.6 Å². The van der Waals surface area contributed by atoms with Crippen LogP contribution in [0.5, 0.6) is 0 Å². The average Bonchev–Trinajstić information content (AvgIpc) is 3.04. The lowest BCUT2D eigenvalue weighted by atomic mass is 9.93. The van der Waals surface area contributed by atoms with Gasteiger partial charge in [-0.05, 0) is 38.5 Å². The van der Waals surface area contributed by atoms with E-state index in [1.165, 1.54) is 180 Å². The highest BCUT2D eigenvalue weighted by molar-refractivity contribution is 5.72. The van der Waals surface area contributed by atoms with Gasteiger partial charge in [-0.3, -0.25) is 9.59 Å². The minimum atomic E-state index is -0.663. The molecule has 0 aromatic rings. The molecule has 4 nitrogen and oxygen atoms in total. The van der Waals surface area contributed by atoms with Gasteiger partial charge in [-0.15, -0.1) is 0 Å². The van der Waals surface area contributed by atoms with Gasteiger partial charge in [0.1, 0.15) is 6.10 Å². The quantitative estimate of drug-likeness (QED) is 0.0533. The van der Waals surface area contributed by atoms with Crippen molar-refractivity contribution in [2.75, 3.05) is 0 Å². The zero-order valence-electron chi connectivity index (χ0n) is 31.6. The van der Waals surface area contributed by atoms with Crippen molar-refractivity contribution in [3.8, 4) is 0 Å². The average molecular weight is 651 g/mol. The minimum absolute atomic E-state index is 0.101. The summed E-state index contributed by atoms with van der Waals surface area (Å²) < 4.78 is 6.09. The molecule has 0 bridgehead atoms. The molecule has 0 aromatic heterocycles. The lowest BCUT2D eigenvalue weighted by Crippen LogP contribution is -2.24. The van der Waals surface area contributed by atoms with Crippen molar-refractivity contribution in [2.24, 2.45) is 5.92 Å². The van der Waals surface area contributed by atoms with Crippen molar-refractivity contribution in [1.29, 1.82) is 0 Å². The van der Waals surface area contributed by atoms with Gasteiger partial charge in [0.15, 0.2) is 0 Å². The number of hydrogen-bond donors (Lipinski definition) is 1. The Morgan fingerprint density at radius 1 is 0.435 bits per heavy atom. The molecule has 0 fully saturated rings. The number of unbranched alkanes of at least 4 members (excludes halogenated alkanes) is 27. The van der Waals surface area contributed by atoms with E-state index >= 15 is 0 Å². The molecule has 0 radical (unpaired) electrons. The Hall–Kier alpha value is -1.06. The van der Waals surface area contributed by atoms with E-state index in [0.717, 1.165) is 38.5 Å². The molecule has 0 aliphatic carbocycles. The monoisotopic (exact) mass is 651 g/mol. The lowest BCUT2D eigenvalue weighted by molar-refractivity contribution is -0.155. The fourth-order valence-corrected chi connectivity index (χ4v) is 6.81. The van der Waals surface area contributed by atoms with Gasteiger partial charge in [0.05, 0.1) is 5.92 Å². The van der Waals surface area contributed by atoms with E-state index in [1.807, 2.05) is 0 Å². The number of ether oxygens (including phenoxy) is 1. The lowest BCUT2D eigenvalue weighted by Gasteiger charge is -2.21. The molecule has 46 heavy (non-hydrogen) atoms. The maximum atomic E-state index is 13.2. The van der Waals surface area contributed by atoms with Crippen molar-refractivity contribution in [1.82, 2.24) is 0 Å².